The van der Waals surface area contributed by atoms with Crippen LogP contribution in [0, 0.1) is 6.92 Å². The average molecular weight is 464 g/mol. The zero-order valence-electron chi connectivity index (χ0n) is 18.5. The fraction of sp³-hybridized carbons (Fsp3) is 0.500. The minimum Gasteiger partial charge on any atom is -0.490 e. The summed E-state index contributed by atoms with van der Waals surface area (Å²) in [6.45, 7) is 5.19. The Morgan fingerprint density at radius 3 is 2.44 bits per heavy atom. The second-order valence-corrected chi connectivity index (χ2v) is 10.0. The molecule has 1 saturated heterocycles. The lowest BCUT2D eigenvalue weighted by Gasteiger charge is -2.34. The number of nitrogens with zero attached hydrogens (tertiary/aromatic N) is 3. The van der Waals surface area contributed by atoms with Gasteiger partial charge in [-0.2, -0.15) is 4.31 Å². The average Bonchev–Trinajstić information content (AvgIpc) is 3.04. The van der Waals surface area contributed by atoms with E-state index in [1.165, 1.54) is 10.4 Å². The van der Waals surface area contributed by atoms with Crippen LogP contribution in [-0.2, 0) is 21.4 Å². The molecular weight excluding hydrogens is 434 g/mol. The lowest BCUT2D eigenvalue weighted by Crippen LogP contribution is -2.51. The number of aryl methyl sites for hydroxylation is 1. The van der Waals surface area contributed by atoms with Crippen molar-refractivity contribution in [1.82, 2.24) is 14.1 Å². The van der Waals surface area contributed by atoms with Crippen molar-refractivity contribution >= 4 is 15.9 Å². The molecule has 1 aromatic carbocycles. The summed E-state index contributed by atoms with van der Waals surface area (Å²) < 4.78 is 44.5. The fourth-order valence-corrected chi connectivity index (χ4v) is 5.22. The first-order valence-corrected chi connectivity index (χ1v) is 12.2. The predicted octanol–water partition coefficient (Wildman–Crippen LogP) is 1.71. The van der Waals surface area contributed by atoms with Crippen LogP contribution >= 0.6 is 0 Å². The van der Waals surface area contributed by atoms with Gasteiger partial charge in [-0.25, -0.2) is 8.42 Å². The van der Waals surface area contributed by atoms with E-state index < -0.39 is 10.0 Å². The van der Waals surface area contributed by atoms with Crippen LogP contribution in [0.1, 0.15) is 17.9 Å². The van der Waals surface area contributed by atoms with E-state index in [0.29, 0.717) is 57.4 Å². The molecule has 9 nitrogen and oxygen atoms in total. The molecule has 0 bridgehead atoms. The first kappa shape index (κ1) is 22.6. The quantitative estimate of drug-likeness (QED) is 0.644. The van der Waals surface area contributed by atoms with Crippen LogP contribution in [0.25, 0.3) is 0 Å². The van der Waals surface area contributed by atoms with E-state index in [9.17, 15) is 13.2 Å². The summed E-state index contributed by atoms with van der Waals surface area (Å²) in [4.78, 5) is 16.4. The van der Waals surface area contributed by atoms with Gasteiger partial charge in [-0.3, -0.25) is 9.69 Å². The monoisotopic (exact) mass is 463 g/mol. The number of fused-ring (bicyclic) bond motifs is 1. The van der Waals surface area contributed by atoms with Gasteiger partial charge in [0.15, 0.2) is 11.5 Å². The highest BCUT2D eigenvalue weighted by atomic mass is 32.2. The fourth-order valence-electron chi connectivity index (χ4n) is 3.79. The SMILES string of the molecule is Cc1ccc(CN(C)C(=O)CN2CCN(S(=O)(=O)c3ccc4c(c3)OCCCO4)CC2)o1. The molecule has 0 atom stereocenters. The van der Waals surface area contributed by atoms with E-state index in [4.69, 9.17) is 13.9 Å². The topological polar surface area (TPSA) is 92.5 Å². The van der Waals surface area contributed by atoms with Gasteiger partial charge in [0.2, 0.25) is 15.9 Å². The molecule has 0 radical (unpaired) electrons. The highest BCUT2D eigenvalue weighted by Gasteiger charge is 2.30. The third-order valence-corrected chi connectivity index (χ3v) is 7.56. The van der Waals surface area contributed by atoms with Crippen LogP contribution in [0.3, 0.4) is 0 Å². The molecule has 0 spiro atoms. The Labute approximate surface area is 188 Å². The van der Waals surface area contributed by atoms with E-state index >= 15 is 0 Å². The van der Waals surface area contributed by atoms with Crippen molar-refractivity contribution in [2.45, 2.75) is 24.8 Å². The molecular formula is C22H29N3O6S. The zero-order valence-corrected chi connectivity index (χ0v) is 19.3. The first-order chi connectivity index (χ1) is 15.3. The zero-order chi connectivity index (χ0) is 22.7. The van der Waals surface area contributed by atoms with Gasteiger partial charge in [0, 0.05) is 45.7 Å². The van der Waals surface area contributed by atoms with Crippen LogP contribution in [0.4, 0.5) is 0 Å². The molecule has 10 heteroatoms. The molecule has 0 unspecified atom stereocenters. The molecule has 174 valence electrons. The van der Waals surface area contributed by atoms with Crippen LogP contribution in [0.2, 0.25) is 0 Å². The smallest absolute Gasteiger partial charge is 0.243 e. The van der Waals surface area contributed by atoms with Gasteiger partial charge in [0.05, 0.1) is 31.2 Å². The Hall–Kier alpha value is -2.56. The van der Waals surface area contributed by atoms with E-state index in [1.807, 2.05) is 24.0 Å². The van der Waals surface area contributed by atoms with Gasteiger partial charge >= 0.3 is 0 Å². The summed E-state index contributed by atoms with van der Waals surface area (Å²) in [5.74, 6) is 2.55. The second-order valence-electron chi connectivity index (χ2n) is 8.10. The second kappa shape index (κ2) is 9.51. The number of hydrogen-bond donors (Lipinski definition) is 0. The van der Waals surface area contributed by atoms with Gasteiger partial charge in [-0.05, 0) is 31.2 Å². The number of likely N-dealkylation sites (N-methyl/N-ethyl adjacent to an activating group) is 1. The number of piperazine rings is 1. The van der Waals surface area contributed by atoms with Crippen molar-refractivity contribution < 1.29 is 27.1 Å². The maximum Gasteiger partial charge on any atom is 0.243 e. The van der Waals surface area contributed by atoms with E-state index in [2.05, 4.69) is 0 Å². The number of amides is 1. The molecule has 0 aliphatic carbocycles. The molecule has 0 saturated carbocycles. The summed E-state index contributed by atoms with van der Waals surface area (Å²) in [6.07, 6.45) is 0.758. The summed E-state index contributed by atoms with van der Waals surface area (Å²) in [7, 11) is -1.91. The van der Waals surface area contributed by atoms with Crippen LogP contribution in [-0.4, -0.2) is 81.4 Å². The Balaban J connectivity index is 1.32. The molecule has 32 heavy (non-hydrogen) atoms. The molecule has 2 aliphatic rings. The number of sulfonamides is 1. The van der Waals surface area contributed by atoms with Crippen LogP contribution < -0.4 is 9.47 Å². The minimum absolute atomic E-state index is 0.0294. The molecule has 2 aromatic rings. The number of carbonyl (C=O) groups excluding carboxylic acids is 1. The summed E-state index contributed by atoms with van der Waals surface area (Å²) in [6, 6.07) is 8.49. The number of ether oxygens (including phenoxy) is 2. The Kier molecular flexibility index (Phi) is 6.73. The molecule has 4 rings (SSSR count). The van der Waals surface area contributed by atoms with Gasteiger partial charge in [-0.15, -0.1) is 0 Å². The number of carbonyl (C=O) groups is 1. The summed E-state index contributed by atoms with van der Waals surface area (Å²) >= 11 is 0. The van der Waals surface area contributed by atoms with Gasteiger partial charge in [-0.1, -0.05) is 0 Å². The first-order valence-electron chi connectivity index (χ1n) is 10.7. The van der Waals surface area contributed by atoms with E-state index in [0.717, 1.165) is 17.9 Å². The number of furan rings is 1. The standard InChI is InChI=1S/C22H29N3O6S/c1-17-4-5-18(31-17)15-23(2)22(26)16-24-8-10-25(11-9-24)32(27,28)19-6-7-20-21(14-19)30-13-3-12-29-20/h4-7,14H,3,8-13,15-16H2,1-2H3. The number of rotatable bonds is 6. The molecule has 1 fully saturated rings. The molecule has 0 N–H and O–H groups in total. The van der Waals surface area contributed by atoms with Crippen molar-refractivity contribution in [1.29, 1.82) is 0 Å². The largest absolute Gasteiger partial charge is 0.490 e. The highest BCUT2D eigenvalue weighted by molar-refractivity contribution is 7.89. The minimum atomic E-state index is -3.65. The van der Waals surface area contributed by atoms with Crippen molar-refractivity contribution in [3.63, 3.8) is 0 Å². The van der Waals surface area contributed by atoms with Gasteiger partial charge in [0.25, 0.3) is 0 Å². The van der Waals surface area contributed by atoms with Gasteiger partial charge < -0.3 is 18.8 Å². The lowest BCUT2D eigenvalue weighted by molar-refractivity contribution is -0.132. The summed E-state index contributed by atoms with van der Waals surface area (Å²) in [5, 5.41) is 0. The molecule has 1 aromatic heterocycles. The third-order valence-electron chi connectivity index (χ3n) is 5.66. The maximum absolute atomic E-state index is 13.1. The van der Waals surface area contributed by atoms with Crippen molar-refractivity contribution in [3.05, 3.63) is 41.9 Å². The molecule has 1 amide bonds. The molecule has 2 aliphatic heterocycles. The van der Waals surface area contributed by atoms with Crippen molar-refractivity contribution in [3.8, 4) is 11.5 Å². The normalized spacial score (nSPS) is 17.7. The molecule has 3 heterocycles. The van der Waals surface area contributed by atoms with Crippen LogP contribution in [0.5, 0.6) is 11.5 Å². The van der Waals surface area contributed by atoms with E-state index in [1.54, 1.807) is 24.1 Å². The number of hydrogen-bond acceptors (Lipinski definition) is 7. The summed E-state index contributed by atoms with van der Waals surface area (Å²) in [5.41, 5.74) is 0. The number of benzene rings is 1. The van der Waals surface area contributed by atoms with E-state index in [-0.39, 0.29) is 17.3 Å². The van der Waals surface area contributed by atoms with Gasteiger partial charge in [0.1, 0.15) is 11.5 Å². The van der Waals surface area contributed by atoms with Crippen molar-refractivity contribution in [2.24, 2.45) is 0 Å². The van der Waals surface area contributed by atoms with Crippen molar-refractivity contribution in [2.75, 3.05) is 53.0 Å². The Morgan fingerprint density at radius 1 is 1.03 bits per heavy atom. The lowest BCUT2D eigenvalue weighted by atomic mass is 10.3. The Bertz CT molecular complexity index is 1060. The highest BCUT2D eigenvalue weighted by Crippen LogP contribution is 2.33. The maximum atomic E-state index is 13.1. The predicted molar refractivity (Wildman–Crippen MR) is 117 cm³/mol. The van der Waals surface area contributed by atoms with Crippen LogP contribution in [0.15, 0.2) is 39.6 Å². The Morgan fingerprint density at radius 2 is 1.75 bits per heavy atom. The third kappa shape index (κ3) is 5.08.